The summed E-state index contributed by atoms with van der Waals surface area (Å²) in [6.45, 7) is 1.17. The van der Waals surface area contributed by atoms with Gasteiger partial charge in [0.15, 0.2) is 0 Å². The Morgan fingerprint density at radius 2 is 2.21 bits per heavy atom. The fourth-order valence-corrected chi connectivity index (χ4v) is 2.48. The number of oxime groups is 1. The Kier molecular flexibility index (Phi) is 2.15. The number of ether oxygens (including phenoxy) is 2. The second-order valence-electron chi connectivity index (χ2n) is 4.68. The zero-order chi connectivity index (χ0) is 12.8. The molecule has 3 heterocycles. The fraction of sp³-hybridized carbons (Fsp3) is 0.286. The molecule has 0 fully saturated rings. The molecule has 1 aromatic heterocycles. The predicted molar refractivity (Wildman–Crippen MR) is 69.8 cm³/mol. The average Bonchev–Trinajstić information content (AvgIpc) is 2.93. The molecule has 19 heavy (non-hydrogen) atoms. The first-order valence-corrected chi connectivity index (χ1v) is 6.17. The van der Waals surface area contributed by atoms with Crippen molar-refractivity contribution in [2.45, 2.75) is 0 Å². The molecule has 0 spiro atoms. The first-order chi connectivity index (χ1) is 9.35. The largest absolute Gasteiger partial charge is 0.497 e. The van der Waals surface area contributed by atoms with Crippen molar-refractivity contribution in [2.75, 3.05) is 20.3 Å². The van der Waals surface area contributed by atoms with E-state index in [9.17, 15) is 0 Å². The van der Waals surface area contributed by atoms with Crippen molar-refractivity contribution in [1.82, 2.24) is 4.98 Å². The van der Waals surface area contributed by atoms with Gasteiger partial charge >= 0.3 is 0 Å². The average molecular weight is 256 g/mol. The van der Waals surface area contributed by atoms with Crippen LogP contribution in [-0.4, -0.2) is 31.0 Å². The second kappa shape index (κ2) is 3.85. The molecule has 2 aliphatic heterocycles. The van der Waals surface area contributed by atoms with Gasteiger partial charge in [-0.05, 0) is 24.3 Å². The molecular weight excluding hydrogens is 244 g/mol. The number of hydrogen-bond acceptors (Lipinski definition) is 5. The summed E-state index contributed by atoms with van der Waals surface area (Å²) in [5.41, 5.74) is 2.76. The van der Waals surface area contributed by atoms with E-state index < -0.39 is 0 Å². The highest BCUT2D eigenvalue weighted by molar-refractivity contribution is 6.07. The number of aromatic nitrogens is 1. The molecule has 1 aromatic carbocycles. The zero-order valence-electron chi connectivity index (χ0n) is 10.4. The third-order valence-corrected chi connectivity index (χ3v) is 3.51. The summed E-state index contributed by atoms with van der Waals surface area (Å²) in [7, 11) is 1.65. The van der Waals surface area contributed by atoms with E-state index in [1.54, 1.807) is 7.11 Å². The smallest absolute Gasteiger partial charge is 0.223 e. The molecule has 5 nitrogen and oxygen atoms in total. The Bertz CT molecular complexity index is 696. The molecule has 4 rings (SSSR count). The van der Waals surface area contributed by atoms with Crippen LogP contribution in [0.2, 0.25) is 0 Å². The van der Waals surface area contributed by atoms with Gasteiger partial charge in [-0.25, -0.2) is 4.98 Å². The normalized spacial score (nSPS) is 20.1. The molecule has 0 aliphatic carbocycles. The summed E-state index contributed by atoms with van der Waals surface area (Å²) < 4.78 is 10.9. The van der Waals surface area contributed by atoms with Crippen LogP contribution in [-0.2, 0) is 4.84 Å². The van der Waals surface area contributed by atoms with Gasteiger partial charge in [0.05, 0.1) is 24.1 Å². The number of methoxy groups -OCH3 is 1. The van der Waals surface area contributed by atoms with Gasteiger partial charge in [-0.15, -0.1) is 0 Å². The summed E-state index contributed by atoms with van der Waals surface area (Å²) in [4.78, 5) is 9.70. The quantitative estimate of drug-likeness (QED) is 0.783. The minimum atomic E-state index is 0.220. The van der Waals surface area contributed by atoms with Gasteiger partial charge in [-0.1, -0.05) is 5.16 Å². The van der Waals surface area contributed by atoms with Gasteiger partial charge in [-0.2, -0.15) is 0 Å². The standard InChI is InChI=1S/C14H12N2O3/c1-17-10-2-3-12-8(4-10)5-11-13-9(7-19-16-13)6-18-14(11)15-12/h2-5,9H,6-7H2,1H3. The zero-order valence-corrected chi connectivity index (χ0v) is 10.4. The van der Waals surface area contributed by atoms with Gasteiger partial charge < -0.3 is 14.3 Å². The van der Waals surface area contributed by atoms with E-state index in [-0.39, 0.29) is 5.92 Å². The summed E-state index contributed by atoms with van der Waals surface area (Å²) in [5, 5.41) is 5.12. The molecule has 0 saturated heterocycles. The summed E-state index contributed by atoms with van der Waals surface area (Å²) >= 11 is 0. The lowest BCUT2D eigenvalue weighted by molar-refractivity contribution is 0.135. The van der Waals surface area contributed by atoms with Crippen molar-refractivity contribution in [3.8, 4) is 11.6 Å². The van der Waals surface area contributed by atoms with Crippen LogP contribution in [0.5, 0.6) is 11.6 Å². The van der Waals surface area contributed by atoms with E-state index in [1.165, 1.54) is 0 Å². The Morgan fingerprint density at radius 1 is 1.26 bits per heavy atom. The number of fused-ring (bicyclic) bond motifs is 4. The molecule has 0 radical (unpaired) electrons. The van der Waals surface area contributed by atoms with Crippen LogP contribution in [0, 0.1) is 5.92 Å². The maximum atomic E-state index is 5.70. The van der Waals surface area contributed by atoms with Crippen LogP contribution in [0.25, 0.3) is 10.9 Å². The highest BCUT2D eigenvalue weighted by atomic mass is 16.6. The summed E-state index contributed by atoms with van der Waals surface area (Å²) in [5.74, 6) is 1.67. The molecule has 1 atom stereocenters. The second-order valence-corrected chi connectivity index (χ2v) is 4.68. The Labute approximate surface area is 109 Å². The Morgan fingerprint density at radius 3 is 3.11 bits per heavy atom. The summed E-state index contributed by atoms with van der Waals surface area (Å²) in [6.07, 6.45) is 0. The lowest BCUT2D eigenvalue weighted by Crippen LogP contribution is -2.28. The monoisotopic (exact) mass is 256 g/mol. The SMILES string of the molecule is COc1ccc2nc3c(cc2c1)C1=NOCC1CO3. The minimum absolute atomic E-state index is 0.220. The number of rotatable bonds is 1. The van der Waals surface area contributed by atoms with E-state index in [1.807, 2.05) is 24.3 Å². The first kappa shape index (κ1) is 10.6. The molecule has 0 amide bonds. The molecule has 96 valence electrons. The van der Waals surface area contributed by atoms with E-state index in [4.69, 9.17) is 14.3 Å². The van der Waals surface area contributed by atoms with E-state index in [0.717, 1.165) is 27.9 Å². The molecular formula is C14H12N2O3. The van der Waals surface area contributed by atoms with Gasteiger partial charge in [0.1, 0.15) is 24.7 Å². The number of pyridine rings is 1. The third-order valence-electron chi connectivity index (χ3n) is 3.51. The van der Waals surface area contributed by atoms with Gasteiger partial charge in [0.2, 0.25) is 5.88 Å². The van der Waals surface area contributed by atoms with E-state index in [0.29, 0.717) is 19.1 Å². The van der Waals surface area contributed by atoms with Crippen LogP contribution in [0.4, 0.5) is 0 Å². The maximum absolute atomic E-state index is 5.70. The van der Waals surface area contributed by atoms with Gasteiger partial charge in [0.25, 0.3) is 0 Å². The van der Waals surface area contributed by atoms with Crippen LogP contribution in [0.15, 0.2) is 29.4 Å². The highest BCUT2D eigenvalue weighted by Crippen LogP contribution is 2.32. The van der Waals surface area contributed by atoms with Crippen molar-refractivity contribution < 1.29 is 14.3 Å². The van der Waals surface area contributed by atoms with Crippen LogP contribution < -0.4 is 9.47 Å². The lowest BCUT2D eigenvalue weighted by Gasteiger charge is -2.20. The third kappa shape index (κ3) is 1.54. The van der Waals surface area contributed by atoms with Gasteiger partial charge in [0, 0.05) is 5.39 Å². The maximum Gasteiger partial charge on any atom is 0.223 e. The Hall–Kier alpha value is -2.30. The Balaban J connectivity index is 1.94. The number of nitrogens with zero attached hydrogens (tertiary/aromatic N) is 2. The van der Waals surface area contributed by atoms with Crippen molar-refractivity contribution in [3.05, 3.63) is 29.8 Å². The molecule has 0 saturated carbocycles. The fourth-order valence-electron chi connectivity index (χ4n) is 2.48. The van der Waals surface area contributed by atoms with Crippen LogP contribution in [0.1, 0.15) is 5.56 Å². The van der Waals surface area contributed by atoms with Crippen LogP contribution >= 0.6 is 0 Å². The van der Waals surface area contributed by atoms with Crippen molar-refractivity contribution in [2.24, 2.45) is 11.1 Å². The van der Waals surface area contributed by atoms with Crippen molar-refractivity contribution in [1.29, 1.82) is 0 Å². The lowest BCUT2D eigenvalue weighted by atomic mass is 9.96. The topological polar surface area (TPSA) is 52.9 Å². The van der Waals surface area contributed by atoms with Gasteiger partial charge in [-0.3, -0.25) is 0 Å². The molecule has 2 aliphatic rings. The molecule has 2 aromatic rings. The minimum Gasteiger partial charge on any atom is -0.497 e. The van der Waals surface area contributed by atoms with E-state index >= 15 is 0 Å². The van der Waals surface area contributed by atoms with E-state index in [2.05, 4.69) is 10.1 Å². The molecule has 5 heteroatoms. The number of hydrogen-bond donors (Lipinski definition) is 0. The summed E-state index contributed by atoms with van der Waals surface area (Å²) in [6, 6.07) is 7.82. The molecule has 0 bridgehead atoms. The predicted octanol–water partition coefficient (Wildman–Crippen LogP) is 1.99. The highest BCUT2D eigenvalue weighted by Gasteiger charge is 2.33. The van der Waals surface area contributed by atoms with Crippen molar-refractivity contribution in [3.63, 3.8) is 0 Å². The van der Waals surface area contributed by atoms with Crippen LogP contribution in [0.3, 0.4) is 0 Å². The molecule has 1 unspecified atom stereocenters. The first-order valence-electron chi connectivity index (χ1n) is 6.17. The van der Waals surface area contributed by atoms with Crippen molar-refractivity contribution >= 4 is 16.6 Å². The number of benzene rings is 1. The molecule has 0 N–H and O–H groups in total.